The molecule has 0 radical (unpaired) electrons. The van der Waals surface area contributed by atoms with Crippen molar-refractivity contribution in [3.8, 4) is 16.9 Å². The number of quaternary nitrogens is 1. The Kier molecular flexibility index (Phi) is 5.34. The largest absolute Gasteiger partial charge is 0.507 e. The van der Waals surface area contributed by atoms with Gasteiger partial charge in [-0.05, 0) is 28.5 Å². The quantitative estimate of drug-likeness (QED) is 0.493. The van der Waals surface area contributed by atoms with Gasteiger partial charge >= 0.3 is 6.18 Å². The number of fused-ring (bicyclic) bond motifs is 2. The average Bonchev–Trinajstić information content (AvgIpc) is 2.80. The van der Waals surface area contributed by atoms with E-state index in [1.807, 2.05) is 0 Å². The molecule has 2 N–H and O–H groups in total. The van der Waals surface area contributed by atoms with Crippen LogP contribution in [0.1, 0.15) is 11.3 Å². The highest BCUT2D eigenvalue weighted by Gasteiger charge is 2.40. The lowest BCUT2D eigenvalue weighted by Gasteiger charge is -2.24. The third kappa shape index (κ3) is 3.85. The van der Waals surface area contributed by atoms with Crippen LogP contribution in [0.4, 0.5) is 13.2 Å². The van der Waals surface area contributed by atoms with Crippen LogP contribution in [0.2, 0.25) is 0 Å². The van der Waals surface area contributed by atoms with E-state index >= 15 is 0 Å². The lowest BCUT2D eigenvalue weighted by Crippen LogP contribution is -3.12. The minimum atomic E-state index is -4.91. The fourth-order valence-corrected chi connectivity index (χ4v) is 4.45. The second-order valence-corrected chi connectivity index (χ2v) is 8.14. The van der Waals surface area contributed by atoms with Crippen LogP contribution in [-0.2, 0) is 17.5 Å². The minimum absolute atomic E-state index is 0.00592. The van der Waals surface area contributed by atoms with E-state index in [0.717, 1.165) is 4.90 Å². The van der Waals surface area contributed by atoms with Crippen molar-refractivity contribution in [2.45, 2.75) is 12.7 Å². The fourth-order valence-electron chi connectivity index (χ4n) is 4.45. The molecular weight excluding hydrogens is 435 g/mol. The Hall–Kier alpha value is -3.36. The van der Waals surface area contributed by atoms with Gasteiger partial charge in [0.15, 0.2) is 5.58 Å². The highest BCUT2D eigenvalue weighted by molar-refractivity contribution is 5.99. The van der Waals surface area contributed by atoms with Gasteiger partial charge in [0.1, 0.15) is 25.4 Å². The summed E-state index contributed by atoms with van der Waals surface area (Å²) >= 11 is 0. The molecule has 170 valence electrons. The molecule has 0 atom stereocenters. The zero-order valence-electron chi connectivity index (χ0n) is 17.5. The third-order valence-corrected chi connectivity index (χ3v) is 6.08. The molecule has 1 fully saturated rings. The Morgan fingerprint density at radius 1 is 0.939 bits per heavy atom. The monoisotopic (exact) mass is 456 g/mol. The fraction of sp³-hybridized carbons (Fsp3) is 0.240. The summed E-state index contributed by atoms with van der Waals surface area (Å²) in [6, 6.07) is 14.5. The summed E-state index contributed by atoms with van der Waals surface area (Å²) in [6.07, 6.45) is -4.91. The van der Waals surface area contributed by atoms with Crippen molar-refractivity contribution in [3.05, 3.63) is 76.1 Å². The number of hydrogen-bond acceptors (Lipinski definition) is 4. The Morgan fingerprint density at radius 2 is 1.67 bits per heavy atom. The summed E-state index contributed by atoms with van der Waals surface area (Å²) in [4.78, 5) is 14.6. The molecule has 4 aromatic rings. The highest BCUT2D eigenvalue weighted by Crippen LogP contribution is 2.40. The number of hydrogen-bond donors (Lipinski definition) is 2. The Labute approximate surface area is 186 Å². The number of halogens is 3. The number of benzene rings is 3. The van der Waals surface area contributed by atoms with Crippen molar-refractivity contribution >= 4 is 21.7 Å². The van der Waals surface area contributed by atoms with E-state index in [0.29, 0.717) is 37.1 Å². The molecule has 2 heterocycles. The van der Waals surface area contributed by atoms with E-state index in [4.69, 9.17) is 9.15 Å². The number of aromatic hydroxyl groups is 1. The minimum Gasteiger partial charge on any atom is -0.507 e. The topological polar surface area (TPSA) is 64.1 Å². The van der Waals surface area contributed by atoms with Gasteiger partial charge in [0.05, 0.1) is 29.7 Å². The van der Waals surface area contributed by atoms with Gasteiger partial charge in [-0.25, -0.2) is 0 Å². The molecule has 5 nitrogen and oxygen atoms in total. The lowest BCUT2D eigenvalue weighted by molar-refractivity contribution is -0.921. The maximum absolute atomic E-state index is 14.2. The zero-order valence-corrected chi connectivity index (χ0v) is 17.5. The predicted molar refractivity (Wildman–Crippen MR) is 117 cm³/mol. The third-order valence-electron chi connectivity index (χ3n) is 6.08. The second-order valence-electron chi connectivity index (χ2n) is 8.14. The first-order valence-electron chi connectivity index (χ1n) is 10.6. The predicted octanol–water partition coefficient (Wildman–Crippen LogP) is 3.75. The molecule has 0 aliphatic carbocycles. The smallest absolute Gasteiger partial charge is 0.450 e. The van der Waals surface area contributed by atoms with Gasteiger partial charge in [0, 0.05) is 0 Å². The van der Waals surface area contributed by atoms with Crippen molar-refractivity contribution < 1.29 is 32.3 Å². The Balaban J connectivity index is 1.80. The van der Waals surface area contributed by atoms with Gasteiger partial charge in [-0.3, -0.25) is 4.79 Å². The first-order valence-corrected chi connectivity index (χ1v) is 10.6. The Morgan fingerprint density at radius 3 is 2.42 bits per heavy atom. The molecule has 3 aromatic carbocycles. The maximum atomic E-state index is 14.2. The van der Waals surface area contributed by atoms with Crippen molar-refractivity contribution in [1.82, 2.24) is 0 Å². The van der Waals surface area contributed by atoms with E-state index in [-0.39, 0.29) is 34.4 Å². The normalized spacial score (nSPS) is 15.4. The molecule has 0 saturated carbocycles. The van der Waals surface area contributed by atoms with Crippen LogP contribution in [0.25, 0.3) is 32.9 Å². The number of alkyl halides is 3. The van der Waals surface area contributed by atoms with E-state index in [2.05, 4.69) is 0 Å². The molecule has 33 heavy (non-hydrogen) atoms. The molecular formula is C25H21F3NO4+. The number of ether oxygens (including phenoxy) is 1. The number of morpholine rings is 1. The molecule has 1 aliphatic rings. The van der Waals surface area contributed by atoms with Gasteiger partial charge < -0.3 is 19.2 Å². The van der Waals surface area contributed by atoms with Crippen LogP contribution < -0.4 is 10.3 Å². The molecule has 0 spiro atoms. The molecule has 8 heteroatoms. The van der Waals surface area contributed by atoms with Crippen LogP contribution in [0.5, 0.6) is 5.75 Å². The van der Waals surface area contributed by atoms with Crippen molar-refractivity contribution in [1.29, 1.82) is 0 Å². The van der Waals surface area contributed by atoms with Gasteiger partial charge in [-0.2, -0.15) is 13.2 Å². The first-order chi connectivity index (χ1) is 15.8. The van der Waals surface area contributed by atoms with Crippen LogP contribution in [0.15, 0.2) is 63.8 Å². The van der Waals surface area contributed by atoms with Crippen molar-refractivity contribution in [2.24, 2.45) is 0 Å². The van der Waals surface area contributed by atoms with Crippen molar-refractivity contribution in [2.75, 3.05) is 26.3 Å². The summed E-state index contributed by atoms with van der Waals surface area (Å²) in [7, 11) is 0. The van der Waals surface area contributed by atoms with Gasteiger partial charge in [0.2, 0.25) is 11.2 Å². The number of phenolic OH excluding ortho intramolecular Hbond substituents is 1. The molecule has 5 rings (SSSR count). The van der Waals surface area contributed by atoms with Gasteiger partial charge in [-0.1, -0.05) is 42.5 Å². The van der Waals surface area contributed by atoms with Crippen LogP contribution in [0, 0.1) is 0 Å². The van der Waals surface area contributed by atoms with Crippen LogP contribution >= 0.6 is 0 Å². The molecule has 0 bridgehead atoms. The van der Waals surface area contributed by atoms with Crippen molar-refractivity contribution in [3.63, 3.8) is 0 Å². The summed E-state index contributed by atoms with van der Waals surface area (Å²) in [5.41, 5.74) is -1.18. The summed E-state index contributed by atoms with van der Waals surface area (Å²) in [5, 5.41) is 11.7. The molecule has 1 aliphatic heterocycles. The molecule has 0 amide bonds. The Bertz CT molecular complexity index is 1400. The number of phenols is 1. The van der Waals surface area contributed by atoms with E-state index in [1.54, 1.807) is 36.4 Å². The average molecular weight is 456 g/mol. The molecule has 0 unspecified atom stereocenters. The SMILES string of the molecule is O=c1c(-c2cccc3ccccc23)c(C(F)(F)F)oc2c(C[NH+]3CCOCC3)c(O)ccc12. The number of nitrogens with one attached hydrogen (secondary N) is 1. The van der Waals surface area contributed by atoms with Gasteiger partial charge in [-0.15, -0.1) is 0 Å². The maximum Gasteiger partial charge on any atom is 0.450 e. The number of rotatable bonds is 3. The summed E-state index contributed by atoms with van der Waals surface area (Å²) < 4.78 is 53.4. The van der Waals surface area contributed by atoms with E-state index in [9.17, 15) is 23.1 Å². The molecule has 1 saturated heterocycles. The standard InChI is InChI=1S/C25H20F3NO4/c26-25(27,28)24-21(17-7-3-5-15-4-1-2-6-16(15)17)22(31)18-8-9-20(30)19(23(18)33-24)14-29-10-12-32-13-11-29/h1-9,30H,10-14H2/p+1. The molecule has 1 aromatic heterocycles. The van der Waals surface area contributed by atoms with Crippen LogP contribution in [0.3, 0.4) is 0 Å². The van der Waals surface area contributed by atoms with Gasteiger partial charge in [0.25, 0.3) is 0 Å². The lowest BCUT2D eigenvalue weighted by atomic mass is 9.95. The second kappa shape index (κ2) is 8.20. The van der Waals surface area contributed by atoms with E-state index in [1.165, 1.54) is 18.2 Å². The zero-order chi connectivity index (χ0) is 23.2. The van der Waals surface area contributed by atoms with Crippen LogP contribution in [-0.4, -0.2) is 31.4 Å². The highest BCUT2D eigenvalue weighted by atomic mass is 19.4. The summed E-state index contributed by atoms with van der Waals surface area (Å²) in [6.45, 7) is 2.54. The summed E-state index contributed by atoms with van der Waals surface area (Å²) in [5.74, 6) is -1.56. The first kappa shape index (κ1) is 21.5. The van der Waals surface area contributed by atoms with E-state index < -0.39 is 22.9 Å².